The predicted molar refractivity (Wildman–Crippen MR) is 267 cm³/mol. The molecular weight excluding hydrogens is 747 g/mol. The van der Waals surface area contributed by atoms with Crippen LogP contribution in [0.1, 0.15) is 183 Å². The van der Waals surface area contributed by atoms with Gasteiger partial charge in [0.1, 0.15) is 0 Å². The van der Waals surface area contributed by atoms with Gasteiger partial charge in [-0.3, -0.25) is 0 Å². The second-order valence-electron chi connectivity index (χ2n) is 20.7. The van der Waals surface area contributed by atoms with Crippen molar-refractivity contribution in [1.82, 2.24) is 0 Å². The molecule has 5 aliphatic carbocycles. The van der Waals surface area contributed by atoms with Crippen LogP contribution in [0.25, 0.3) is 17.2 Å². The lowest BCUT2D eigenvalue weighted by molar-refractivity contribution is -0.0281. The van der Waals surface area contributed by atoms with Crippen LogP contribution in [0.15, 0.2) is 122 Å². The highest BCUT2D eigenvalue weighted by atomic mass is 15.1. The summed E-state index contributed by atoms with van der Waals surface area (Å²) in [6, 6.07) is 46.3. The number of unbranched alkanes of at least 4 members (excludes halogenated alkanes) is 9. The van der Waals surface area contributed by atoms with Crippen LogP contribution in [0.3, 0.4) is 0 Å². The van der Waals surface area contributed by atoms with E-state index in [2.05, 4.69) is 148 Å². The van der Waals surface area contributed by atoms with E-state index in [-0.39, 0.29) is 10.8 Å². The monoisotopic (exact) mass is 822 g/mol. The molecule has 5 aliphatic rings. The third-order valence-corrected chi connectivity index (χ3v) is 16.5. The number of aryl methyl sites for hydroxylation is 1. The summed E-state index contributed by atoms with van der Waals surface area (Å²) in [5.41, 5.74) is 16.4. The molecule has 2 atom stereocenters. The van der Waals surface area contributed by atoms with Gasteiger partial charge in [-0.15, -0.1) is 0 Å². The molecule has 1 heteroatoms. The summed E-state index contributed by atoms with van der Waals surface area (Å²) in [6.07, 6.45) is 29.4. The van der Waals surface area contributed by atoms with Crippen LogP contribution in [0.2, 0.25) is 0 Å². The van der Waals surface area contributed by atoms with Crippen molar-refractivity contribution in [1.29, 1.82) is 0 Å². The lowest BCUT2D eigenvalue weighted by Crippen LogP contribution is -2.55. The largest absolute Gasteiger partial charge is 0.310 e. The van der Waals surface area contributed by atoms with Crippen molar-refractivity contribution in [3.8, 4) is 11.1 Å². The molecule has 62 heavy (non-hydrogen) atoms. The highest BCUT2D eigenvalue weighted by Crippen LogP contribution is 2.66. The van der Waals surface area contributed by atoms with Gasteiger partial charge in [-0.05, 0) is 168 Å². The number of anilines is 3. The molecule has 5 aromatic carbocycles. The van der Waals surface area contributed by atoms with Crippen LogP contribution >= 0.6 is 0 Å². The molecule has 0 saturated heterocycles. The second-order valence-corrected chi connectivity index (χ2v) is 20.7. The number of rotatable bonds is 21. The van der Waals surface area contributed by atoms with Crippen molar-refractivity contribution in [2.24, 2.45) is 11.8 Å². The standard InChI is InChI=1S/C61H75N/c1-5-9-12-15-20-47-25-31-52(32-26-47)62(54-35-36-56-55-21-16-17-22-57(55)61(58(56)40-54,37-18-13-10-6-2)38-19-14-11-7-3)53-33-29-51(30-34-53)60-43-48-39-49(44-60)42-59(41-48,45-60)50-27-23-46(8-4)24-28-50/h8,16-17,21-36,40,48-49H,4-7,9-15,18-20,37-39,41-45H2,1-3H3. The Balaban J connectivity index is 1.10. The van der Waals surface area contributed by atoms with Crippen LogP contribution in [0.4, 0.5) is 17.1 Å². The van der Waals surface area contributed by atoms with Gasteiger partial charge in [-0.2, -0.15) is 0 Å². The van der Waals surface area contributed by atoms with Crippen LogP contribution in [-0.4, -0.2) is 0 Å². The Morgan fingerprint density at radius 2 is 1.05 bits per heavy atom. The van der Waals surface area contributed by atoms with E-state index in [1.54, 1.807) is 22.3 Å². The van der Waals surface area contributed by atoms with Crippen molar-refractivity contribution >= 4 is 23.1 Å². The molecule has 4 saturated carbocycles. The van der Waals surface area contributed by atoms with E-state index in [0.29, 0.717) is 5.41 Å². The summed E-state index contributed by atoms with van der Waals surface area (Å²) in [5, 5.41) is 0. The van der Waals surface area contributed by atoms with Crippen molar-refractivity contribution < 1.29 is 0 Å². The van der Waals surface area contributed by atoms with Crippen LogP contribution in [0.5, 0.6) is 0 Å². The minimum Gasteiger partial charge on any atom is -0.310 e. The fourth-order valence-corrected chi connectivity index (χ4v) is 13.8. The van der Waals surface area contributed by atoms with Crippen LogP contribution < -0.4 is 4.90 Å². The average molecular weight is 822 g/mol. The maximum atomic E-state index is 4.04. The summed E-state index contributed by atoms with van der Waals surface area (Å²) in [7, 11) is 0. The lowest BCUT2D eigenvalue weighted by Gasteiger charge is -2.63. The zero-order valence-corrected chi connectivity index (χ0v) is 38.7. The molecule has 0 radical (unpaired) electrons. The van der Waals surface area contributed by atoms with E-state index < -0.39 is 0 Å². The minimum absolute atomic E-state index is 0.0573. The fraction of sp³-hybridized carbons (Fsp3) is 0.475. The molecule has 5 aromatic rings. The third kappa shape index (κ3) is 8.28. The van der Waals surface area contributed by atoms with E-state index >= 15 is 0 Å². The molecule has 0 N–H and O–H groups in total. The Bertz CT molecular complexity index is 2230. The second kappa shape index (κ2) is 18.8. The van der Waals surface area contributed by atoms with Gasteiger partial charge >= 0.3 is 0 Å². The fourth-order valence-electron chi connectivity index (χ4n) is 13.8. The number of hydrogen-bond acceptors (Lipinski definition) is 1. The number of benzene rings is 5. The molecule has 0 spiro atoms. The zero-order valence-electron chi connectivity index (χ0n) is 38.7. The van der Waals surface area contributed by atoms with Crippen LogP contribution in [-0.2, 0) is 22.7 Å². The smallest absolute Gasteiger partial charge is 0.0465 e. The Morgan fingerprint density at radius 1 is 0.532 bits per heavy atom. The molecule has 2 unspecified atom stereocenters. The number of fused-ring (bicyclic) bond motifs is 3. The summed E-state index contributed by atoms with van der Waals surface area (Å²) in [4.78, 5) is 2.59. The molecule has 0 aliphatic heterocycles. The van der Waals surface area contributed by atoms with Crippen LogP contribution in [0, 0.1) is 11.8 Å². The predicted octanol–water partition coefficient (Wildman–Crippen LogP) is 17.9. The highest BCUT2D eigenvalue weighted by Gasteiger charge is 2.58. The van der Waals surface area contributed by atoms with Crippen molar-refractivity contribution in [3.63, 3.8) is 0 Å². The van der Waals surface area contributed by atoms with E-state index in [1.807, 2.05) is 6.08 Å². The Labute approximate surface area is 376 Å². The normalized spacial score (nSPS) is 22.7. The first-order valence-electron chi connectivity index (χ1n) is 25.4. The molecule has 0 aromatic heterocycles. The molecule has 324 valence electrons. The Kier molecular flexibility index (Phi) is 13.0. The van der Waals surface area contributed by atoms with E-state index in [9.17, 15) is 0 Å². The molecule has 1 nitrogen and oxygen atoms in total. The highest BCUT2D eigenvalue weighted by molar-refractivity contribution is 5.86. The number of nitrogens with zero attached hydrogens (tertiary/aromatic N) is 1. The van der Waals surface area contributed by atoms with Gasteiger partial charge in [-0.25, -0.2) is 0 Å². The van der Waals surface area contributed by atoms with Gasteiger partial charge in [-0.1, -0.05) is 183 Å². The Morgan fingerprint density at radius 3 is 1.63 bits per heavy atom. The zero-order chi connectivity index (χ0) is 42.6. The van der Waals surface area contributed by atoms with Gasteiger partial charge < -0.3 is 4.90 Å². The van der Waals surface area contributed by atoms with E-state index in [0.717, 1.165) is 18.3 Å². The minimum atomic E-state index is 0.0573. The van der Waals surface area contributed by atoms with Gasteiger partial charge in [0.25, 0.3) is 0 Å². The van der Waals surface area contributed by atoms with E-state index in [1.165, 1.54) is 168 Å². The first-order valence-corrected chi connectivity index (χ1v) is 25.4. The summed E-state index contributed by atoms with van der Waals surface area (Å²) in [6.45, 7) is 11.0. The molecular formula is C61H75N. The molecule has 10 rings (SSSR count). The quantitative estimate of drug-likeness (QED) is 0.0667. The number of hydrogen-bond donors (Lipinski definition) is 0. The third-order valence-electron chi connectivity index (χ3n) is 16.5. The molecule has 4 fully saturated rings. The molecule has 4 bridgehead atoms. The first kappa shape index (κ1) is 42.9. The molecule has 0 amide bonds. The Hall–Kier alpha value is -4.36. The summed E-state index contributed by atoms with van der Waals surface area (Å²) < 4.78 is 0. The van der Waals surface area contributed by atoms with Gasteiger partial charge in [0.15, 0.2) is 0 Å². The summed E-state index contributed by atoms with van der Waals surface area (Å²) in [5.74, 6) is 1.65. The van der Waals surface area contributed by atoms with Gasteiger partial charge in [0, 0.05) is 22.5 Å². The topological polar surface area (TPSA) is 3.24 Å². The molecule has 0 heterocycles. The van der Waals surface area contributed by atoms with Crippen molar-refractivity contribution in [2.45, 2.75) is 172 Å². The van der Waals surface area contributed by atoms with Crippen molar-refractivity contribution in [2.75, 3.05) is 4.90 Å². The SMILES string of the molecule is C=Cc1ccc(C23CC4CC(C2)CC(c2ccc(N(c5ccc(CCCCCC)cc5)c5ccc6c(c5)C(CCCCCC)(CCCCCC)c5ccccc5-6)cc2)(C4)C3)cc1. The maximum absolute atomic E-state index is 4.04. The summed E-state index contributed by atoms with van der Waals surface area (Å²) >= 11 is 0. The van der Waals surface area contributed by atoms with Crippen molar-refractivity contribution in [3.05, 3.63) is 155 Å². The lowest BCUT2D eigenvalue weighted by atomic mass is 9.42. The van der Waals surface area contributed by atoms with Gasteiger partial charge in [0.05, 0.1) is 0 Å². The van der Waals surface area contributed by atoms with Gasteiger partial charge in [0.2, 0.25) is 0 Å². The maximum Gasteiger partial charge on any atom is 0.0465 e. The average Bonchev–Trinajstić information content (AvgIpc) is 3.57. The van der Waals surface area contributed by atoms with E-state index in [4.69, 9.17) is 0 Å². The first-order chi connectivity index (χ1) is 30.4.